The van der Waals surface area contributed by atoms with E-state index in [4.69, 9.17) is 9.47 Å². The quantitative estimate of drug-likeness (QED) is 0.704. The van der Waals surface area contributed by atoms with Gasteiger partial charge in [0, 0.05) is 0 Å². The Morgan fingerprint density at radius 3 is 3.07 bits per heavy atom. The van der Waals surface area contributed by atoms with Crippen molar-refractivity contribution in [2.24, 2.45) is 0 Å². The molecule has 82 valence electrons. The van der Waals surface area contributed by atoms with E-state index >= 15 is 0 Å². The van der Waals surface area contributed by atoms with Gasteiger partial charge in [0.2, 0.25) is 0 Å². The molecule has 14 heavy (non-hydrogen) atoms. The molecule has 3 heteroatoms. The Bertz CT molecular complexity index is 195. The molecule has 3 atom stereocenters. The molecule has 2 aliphatic heterocycles. The highest BCUT2D eigenvalue weighted by Crippen LogP contribution is 2.37. The van der Waals surface area contributed by atoms with Crippen LogP contribution in [0.4, 0.5) is 0 Å². The molecule has 2 aliphatic rings. The van der Waals surface area contributed by atoms with Crippen molar-refractivity contribution in [2.45, 2.75) is 63.4 Å². The van der Waals surface area contributed by atoms with E-state index < -0.39 is 5.60 Å². The van der Waals surface area contributed by atoms with Crippen molar-refractivity contribution >= 4 is 0 Å². The first kappa shape index (κ1) is 10.4. The van der Waals surface area contributed by atoms with Gasteiger partial charge in [0.15, 0.2) is 6.29 Å². The number of hydrogen-bond acceptors (Lipinski definition) is 3. The van der Waals surface area contributed by atoms with Gasteiger partial charge in [0.05, 0.1) is 12.7 Å². The van der Waals surface area contributed by atoms with E-state index in [0.717, 1.165) is 25.7 Å². The van der Waals surface area contributed by atoms with Gasteiger partial charge in [-0.25, -0.2) is 0 Å². The average Bonchev–Trinajstić information content (AvgIpc) is 2.59. The molecule has 2 bridgehead atoms. The van der Waals surface area contributed by atoms with Gasteiger partial charge in [-0.3, -0.25) is 0 Å². The van der Waals surface area contributed by atoms with Crippen molar-refractivity contribution in [3.8, 4) is 0 Å². The lowest BCUT2D eigenvalue weighted by Gasteiger charge is -2.36. The van der Waals surface area contributed by atoms with E-state index in [-0.39, 0.29) is 12.4 Å². The van der Waals surface area contributed by atoms with Crippen LogP contribution in [0.1, 0.15) is 45.4 Å². The van der Waals surface area contributed by atoms with Gasteiger partial charge in [-0.2, -0.15) is 0 Å². The summed E-state index contributed by atoms with van der Waals surface area (Å²) in [5, 5.41) is 10.3. The van der Waals surface area contributed by atoms with Crippen LogP contribution in [0.2, 0.25) is 0 Å². The van der Waals surface area contributed by atoms with Crippen molar-refractivity contribution in [1.29, 1.82) is 0 Å². The zero-order valence-electron chi connectivity index (χ0n) is 8.87. The van der Waals surface area contributed by atoms with Crippen LogP contribution < -0.4 is 0 Å². The third kappa shape index (κ3) is 1.95. The minimum Gasteiger partial charge on any atom is -0.385 e. The second-order valence-corrected chi connectivity index (χ2v) is 4.52. The van der Waals surface area contributed by atoms with Crippen LogP contribution in [-0.4, -0.2) is 29.7 Å². The summed E-state index contributed by atoms with van der Waals surface area (Å²) >= 11 is 0. The molecule has 0 aromatic carbocycles. The fraction of sp³-hybridized carbons (Fsp3) is 1.00. The van der Waals surface area contributed by atoms with Crippen LogP contribution in [0.25, 0.3) is 0 Å². The maximum Gasteiger partial charge on any atom is 0.186 e. The van der Waals surface area contributed by atoms with Crippen molar-refractivity contribution in [3.63, 3.8) is 0 Å². The largest absolute Gasteiger partial charge is 0.385 e. The molecular formula is C11H20O3. The molecule has 0 aromatic heterocycles. The summed E-state index contributed by atoms with van der Waals surface area (Å²) in [6.07, 6.45) is 5.93. The van der Waals surface area contributed by atoms with Crippen molar-refractivity contribution < 1.29 is 14.6 Å². The van der Waals surface area contributed by atoms with E-state index in [1.165, 1.54) is 12.8 Å². The highest BCUT2D eigenvalue weighted by atomic mass is 16.7. The lowest BCUT2D eigenvalue weighted by Crippen LogP contribution is -2.46. The lowest BCUT2D eigenvalue weighted by atomic mass is 9.88. The summed E-state index contributed by atoms with van der Waals surface area (Å²) in [5.41, 5.74) is -0.706. The van der Waals surface area contributed by atoms with E-state index in [0.29, 0.717) is 6.61 Å². The molecule has 0 saturated carbocycles. The number of fused-ring (bicyclic) bond motifs is 2. The maximum atomic E-state index is 10.3. The third-order valence-corrected chi connectivity index (χ3v) is 3.30. The molecule has 2 fully saturated rings. The second kappa shape index (κ2) is 4.17. The zero-order valence-corrected chi connectivity index (χ0v) is 8.87. The summed E-state index contributed by atoms with van der Waals surface area (Å²) in [6, 6.07) is 0. The van der Waals surface area contributed by atoms with Crippen molar-refractivity contribution in [2.75, 3.05) is 6.61 Å². The fourth-order valence-electron chi connectivity index (χ4n) is 2.33. The lowest BCUT2D eigenvalue weighted by molar-refractivity contribution is -0.214. The SMILES string of the molecule is CCCCC[C@@]1(O)CC[C@H]2CO[C@@H]1O2. The summed E-state index contributed by atoms with van der Waals surface area (Å²) in [4.78, 5) is 0. The topological polar surface area (TPSA) is 38.7 Å². The second-order valence-electron chi connectivity index (χ2n) is 4.52. The summed E-state index contributed by atoms with van der Waals surface area (Å²) in [7, 11) is 0. The molecule has 3 nitrogen and oxygen atoms in total. The molecule has 2 heterocycles. The van der Waals surface area contributed by atoms with Crippen LogP contribution in [-0.2, 0) is 9.47 Å². The monoisotopic (exact) mass is 200 g/mol. The number of ether oxygens (including phenoxy) is 2. The van der Waals surface area contributed by atoms with Crippen molar-refractivity contribution in [3.05, 3.63) is 0 Å². The Morgan fingerprint density at radius 2 is 2.29 bits per heavy atom. The predicted octanol–water partition coefficient (Wildman–Crippen LogP) is 1.83. The fourth-order valence-corrected chi connectivity index (χ4v) is 2.33. The first-order valence-corrected chi connectivity index (χ1v) is 5.74. The van der Waals surface area contributed by atoms with Crippen LogP contribution in [0.3, 0.4) is 0 Å². The number of aliphatic hydroxyl groups is 1. The third-order valence-electron chi connectivity index (χ3n) is 3.30. The van der Waals surface area contributed by atoms with Gasteiger partial charge in [-0.1, -0.05) is 26.2 Å². The molecule has 0 aliphatic carbocycles. The summed E-state index contributed by atoms with van der Waals surface area (Å²) in [5.74, 6) is 0. The minimum absolute atomic E-state index is 0.242. The predicted molar refractivity (Wildman–Crippen MR) is 52.9 cm³/mol. The highest BCUT2D eigenvalue weighted by molar-refractivity contribution is 4.91. The van der Waals surface area contributed by atoms with E-state index in [9.17, 15) is 5.11 Å². The number of unbranched alkanes of at least 4 members (excludes halogenated alkanes) is 2. The van der Waals surface area contributed by atoms with Gasteiger partial charge in [-0.05, 0) is 19.3 Å². The maximum absolute atomic E-state index is 10.3. The van der Waals surface area contributed by atoms with Gasteiger partial charge in [0.25, 0.3) is 0 Å². The first-order chi connectivity index (χ1) is 6.74. The highest BCUT2D eigenvalue weighted by Gasteiger charge is 2.47. The first-order valence-electron chi connectivity index (χ1n) is 5.74. The average molecular weight is 200 g/mol. The van der Waals surface area contributed by atoms with Crippen LogP contribution in [0, 0.1) is 0 Å². The number of hydrogen-bond donors (Lipinski definition) is 1. The van der Waals surface area contributed by atoms with E-state index in [1.54, 1.807) is 0 Å². The molecular weight excluding hydrogens is 180 g/mol. The Kier molecular flexibility index (Phi) is 3.10. The Balaban J connectivity index is 1.87. The summed E-state index contributed by atoms with van der Waals surface area (Å²) in [6.45, 7) is 2.84. The van der Waals surface area contributed by atoms with E-state index in [1.807, 2.05) is 0 Å². The normalized spacial score (nSPS) is 41.6. The smallest absolute Gasteiger partial charge is 0.186 e. The van der Waals surface area contributed by atoms with Gasteiger partial charge in [-0.15, -0.1) is 0 Å². The molecule has 2 saturated heterocycles. The molecule has 0 amide bonds. The summed E-state index contributed by atoms with van der Waals surface area (Å²) < 4.78 is 11.0. The number of rotatable bonds is 4. The zero-order chi connectivity index (χ0) is 10.0. The Morgan fingerprint density at radius 1 is 1.43 bits per heavy atom. The Labute approximate surface area is 85.4 Å². The molecule has 0 unspecified atom stereocenters. The Hall–Kier alpha value is -0.120. The van der Waals surface area contributed by atoms with Crippen molar-refractivity contribution in [1.82, 2.24) is 0 Å². The molecule has 0 radical (unpaired) electrons. The molecule has 2 rings (SSSR count). The van der Waals surface area contributed by atoms with Crippen LogP contribution >= 0.6 is 0 Å². The van der Waals surface area contributed by atoms with Crippen LogP contribution in [0.5, 0.6) is 0 Å². The molecule has 0 aromatic rings. The molecule has 1 N–H and O–H groups in total. The van der Waals surface area contributed by atoms with Gasteiger partial charge >= 0.3 is 0 Å². The van der Waals surface area contributed by atoms with Crippen LogP contribution in [0.15, 0.2) is 0 Å². The van der Waals surface area contributed by atoms with Gasteiger partial charge < -0.3 is 14.6 Å². The van der Waals surface area contributed by atoms with Gasteiger partial charge in [0.1, 0.15) is 5.60 Å². The van der Waals surface area contributed by atoms with E-state index in [2.05, 4.69) is 6.92 Å². The standard InChI is InChI=1S/C11H20O3/c1-2-3-4-6-11(12)7-5-9-8-13-10(11)14-9/h9-10,12H,2-8H2,1H3/t9-,10+,11+/m0/s1. The molecule has 0 spiro atoms. The minimum atomic E-state index is -0.706.